The van der Waals surface area contributed by atoms with Gasteiger partial charge in [-0.2, -0.15) is 0 Å². The van der Waals surface area contributed by atoms with Crippen LogP contribution in [0.4, 0.5) is 5.82 Å². The van der Waals surface area contributed by atoms with Crippen LogP contribution in [0, 0.1) is 0 Å². The lowest BCUT2D eigenvalue weighted by molar-refractivity contribution is 0.0857. The molecule has 1 aromatic rings. The van der Waals surface area contributed by atoms with Gasteiger partial charge in [0.25, 0.3) is 5.91 Å². The number of pyridine rings is 1. The van der Waals surface area contributed by atoms with Gasteiger partial charge in [0.15, 0.2) is 0 Å². The molecule has 0 radical (unpaired) electrons. The van der Waals surface area contributed by atoms with Crippen molar-refractivity contribution in [3.05, 3.63) is 23.9 Å². The lowest BCUT2D eigenvalue weighted by Gasteiger charge is -2.10. The van der Waals surface area contributed by atoms with Crippen molar-refractivity contribution in [2.45, 2.75) is 18.9 Å². The van der Waals surface area contributed by atoms with Gasteiger partial charge in [-0.15, -0.1) is 0 Å². The molecule has 1 fully saturated rings. The minimum absolute atomic E-state index is 0.136. The summed E-state index contributed by atoms with van der Waals surface area (Å²) >= 11 is 0. The number of nitrogens with zero attached hydrogens (tertiary/aromatic N) is 1. The molecule has 0 aromatic carbocycles. The smallest absolute Gasteiger partial charge is 0.252 e. The van der Waals surface area contributed by atoms with Crippen molar-refractivity contribution < 1.29 is 9.53 Å². The van der Waals surface area contributed by atoms with E-state index in [0.717, 1.165) is 19.4 Å². The number of nitrogen functional groups attached to an aromatic ring is 1. The van der Waals surface area contributed by atoms with Gasteiger partial charge < -0.3 is 15.8 Å². The molecule has 1 saturated heterocycles. The van der Waals surface area contributed by atoms with Gasteiger partial charge >= 0.3 is 0 Å². The predicted molar refractivity (Wildman–Crippen MR) is 60.0 cm³/mol. The Kier molecular flexibility index (Phi) is 3.36. The molecule has 0 saturated carbocycles. The van der Waals surface area contributed by atoms with Crippen LogP contribution in [-0.4, -0.2) is 30.1 Å². The third-order valence-electron chi connectivity index (χ3n) is 2.56. The molecule has 0 spiro atoms. The lowest BCUT2D eigenvalue weighted by Crippen LogP contribution is -2.31. The minimum atomic E-state index is -0.136. The molecule has 1 atom stereocenters. The fraction of sp³-hybridized carbons (Fsp3) is 0.455. The van der Waals surface area contributed by atoms with E-state index in [-0.39, 0.29) is 12.0 Å². The van der Waals surface area contributed by atoms with Crippen molar-refractivity contribution in [1.29, 1.82) is 0 Å². The number of anilines is 1. The Bertz CT molecular complexity index is 358. The van der Waals surface area contributed by atoms with Crippen molar-refractivity contribution in [3.8, 4) is 0 Å². The van der Waals surface area contributed by atoms with E-state index in [1.807, 2.05) is 0 Å². The average Bonchev–Trinajstić information content (AvgIpc) is 2.80. The average molecular weight is 221 g/mol. The van der Waals surface area contributed by atoms with Crippen LogP contribution in [-0.2, 0) is 4.74 Å². The van der Waals surface area contributed by atoms with Gasteiger partial charge in [0.1, 0.15) is 5.82 Å². The third kappa shape index (κ3) is 2.70. The van der Waals surface area contributed by atoms with E-state index >= 15 is 0 Å². The summed E-state index contributed by atoms with van der Waals surface area (Å²) in [6.07, 6.45) is 3.72. The number of nitrogens with one attached hydrogen (secondary N) is 1. The highest BCUT2D eigenvalue weighted by molar-refractivity contribution is 5.94. The summed E-state index contributed by atoms with van der Waals surface area (Å²) in [5.41, 5.74) is 5.96. The largest absolute Gasteiger partial charge is 0.384 e. The van der Waals surface area contributed by atoms with Gasteiger partial charge in [0, 0.05) is 19.3 Å². The van der Waals surface area contributed by atoms with Crippen molar-refractivity contribution in [2.24, 2.45) is 0 Å². The lowest BCUT2D eigenvalue weighted by atomic mass is 10.2. The Morgan fingerprint density at radius 2 is 2.50 bits per heavy atom. The Hall–Kier alpha value is -1.62. The van der Waals surface area contributed by atoms with Gasteiger partial charge in [-0.3, -0.25) is 4.79 Å². The molecule has 1 unspecified atom stereocenters. The summed E-state index contributed by atoms with van der Waals surface area (Å²) < 4.78 is 5.41. The molecule has 3 N–H and O–H groups in total. The van der Waals surface area contributed by atoms with Crippen LogP contribution in [0.25, 0.3) is 0 Å². The molecule has 1 aliphatic rings. The number of rotatable bonds is 3. The maximum atomic E-state index is 11.7. The highest BCUT2D eigenvalue weighted by atomic mass is 16.5. The van der Waals surface area contributed by atoms with Crippen molar-refractivity contribution in [3.63, 3.8) is 0 Å². The van der Waals surface area contributed by atoms with Crippen LogP contribution in [0.2, 0.25) is 0 Å². The number of hydrogen-bond donors (Lipinski definition) is 2. The number of aromatic nitrogens is 1. The standard InChI is InChI=1S/C11H15N3O2/c12-10-4-3-8(6-13-10)11(15)14-7-9-2-1-5-16-9/h3-4,6,9H,1-2,5,7H2,(H2,12,13)(H,14,15). The second kappa shape index (κ2) is 4.94. The van der Waals surface area contributed by atoms with Crippen LogP contribution in [0.3, 0.4) is 0 Å². The molecule has 5 heteroatoms. The molecular weight excluding hydrogens is 206 g/mol. The van der Waals surface area contributed by atoms with Crippen LogP contribution < -0.4 is 11.1 Å². The molecular formula is C11H15N3O2. The molecule has 0 bridgehead atoms. The molecule has 16 heavy (non-hydrogen) atoms. The van der Waals surface area contributed by atoms with Crippen molar-refractivity contribution in [2.75, 3.05) is 18.9 Å². The molecule has 1 amide bonds. The normalized spacial score (nSPS) is 19.6. The molecule has 2 rings (SSSR count). The number of nitrogens with two attached hydrogens (primary N) is 1. The highest BCUT2D eigenvalue weighted by Crippen LogP contribution is 2.10. The zero-order chi connectivity index (χ0) is 11.4. The summed E-state index contributed by atoms with van der Waals surface area (Å²) in [7, 11) is 0. The van der Waals surface area contributed by atoms with E-state index in [9.17, 15) is 4.79 Å². The summed E-state index contributed by atoms with van der Waals surface area (Å²) in [4.78, 5) is 15.5. The maximum Gasteiger partial charge on any atom is 0.252 e. The number of amides is 1. The monoisotopic (exact) mass is 221 g/mol. The summed E-state index contributed by atoms with van der Waals surface area (Å²) in [6, 6.07) is 3.27. The Labute approximate surface area is 94.0 Å². The first kappa shape index (κ1) is 10.9. The first-order valence-electron chi connectivity index (χ1n) is 5.37. The fourth-order valence-electron chi connectivity index (χ4n) is 1.65. The Morgan fingerprint density at radius 1 is 1.62 bits per heavy atom. The van der Waals surface area contributed by atoms with Gasteiger partial charge in [0.05, 0.1) is 11.7 Å². The molecule has 5 nitrogen and oxygen atoms in total. The van der Waals surface area contributed by atoms with Gasteiger partial charge in [-0.1, -0.05) is 0 Å². The Balaban J connectivity index is 1.85. The van der Waals surface area contributed by atoms with E-state index in [0.29, 0.717) is 17.9 Å². The first-order valence-corrected chi connectivity index (χ1v) is 5.37. The van der Waals surface area contributed by atoms with Crippen molar-refractivity contribution >= 4 is 11.7 Å². The molecule has 2 heterocycles. The number of carbonyl (C=O) groups excluding carboxylic acids is 1. The van der Waals surface area contributed by atoms with Crippen molar-refractivity contribution in [1.82, 2.24) is 10.3 Å². The van der Waals surface area contributed by atoms with E-state index in [1.54, 1.807) is 12.1 Å². The minimum Gasteiger partial charge on any atom is -0.384 e. The second-order valence-corrected chi connectivity index (χ2v) is 3.82. The topological polar surface area (TPSA) is 77.2 Å². The molecule has 1 aromatic heterocycles. The fourth-order valence-corrected chi connectivity index (χ4v) is 1.65. The number of carbonyl (C=O) groups is 1. The van der Waals surface area contributed by atoms with Crippen LogP contribution >= 0.6 is 0 Å². The van der Waals surface area contributed by atoms with E-state index in [4.69, 9.17) is 10.5 Å². The third-order valence-corrected chi connectivity index (χ3v) is 2.56. The summed E-state index contributed by atoms with van der Waals surface area (Å²) in [6.45, 7) is 1.35. The molecule has 86 valence electrons. The van der Waals surface area contributed by atoms with E-state index in [1.165, 1.54) is 6.20 Å². The zero-order valence-electron chi connectivity index (χ0n) is 8.98. The summed E-state index contributed by atoms with van der Waals surface area (Å²) in [5, 5.41) is 2.82. The van der Waals surface area contributed by atoms with Crippen LogP contribution in [0.15, 0.2) is 18.3 Å². The molecule has 1 aliphatic heterocycles. The van der Waals surface area contributed by atoms with E-state index < -0.39 is 0 Å². The zero-order valence-corrected chi connectivity index (χ0v) is 8.98. The summed E-state index contributed by atoms with van der Waals surface area (Å²) in [5.74, 6) is 0.277. The molecule has 0 aliphatic carbocycles. The number of ether oxygens (including phenoxy) is 1. The maximum absolute atomic E-state index is 11.7. The van der Waals surface area contributed by atoms with Gasteiger partial charge in [-0.25, -0.2) is 4.98 Å². The van der Waals surface area contributed by atoms with Crippen LogP contribution in [0.5, 0.6) is 0 Å². The van der Waals surface area contributed by atoms with Gasteiger partial charge in [0.2, 0.25) is 0 Å². The van der Waals surface area contributed by atoms with Gasteiger partial charge in [-0.05, 0) is 25.0 Å². The Morgan fingerprint density at radius 3 is 3.12 bits per heavy atom. The SMILES string of the molecule is Nc1ccc(C(=O)NCC2CCCO2)cn1. The van der Waals surface area contributed by atoms with Crippen LogP contribution in [0.1, 0.15) is 23.2 Å². The van der Waals surface area contributed by atoms with E-state index in [2.05, 4.69) is 10.3 Å². The highest BCUT2D eigenvalue weighted by Gasteiger charge is 2.16. The predicted octanol–water partition coefficient (Wildman–Crippen LogP) is 0.573. The number of hydrogen-bond acceptors (Lipinski definition) is 4. The quantitative estimate of drug-likeness (QED) is 0.782. The second-order valence-electron chi connectivity index (χ2n) is 3.82. The first-order chi connectivity index (χ1) is 7.75.